The van der Waals surface area contributed by atoms with Crippen LogP contribution < -0.4 is 0 Å². The smallest absolute Gasteiger partial charge is 0.0212 e. The molecule has 0 saturated carbocycles. The molecule has 0 spiro atoms. The summed E-state index contributed by atoms with van der Waals surface area (Å²) in [4.78, 5) is 1.41. The minimum Gasteiger partial charge on any atom is -0.0887 e. The molecule has 0 nitrogen and oxygen atoms in total. The van der Waals surface area contributed by atoms with Gasteiger partial charge in [-0.2, -0.15) is 0 Å². The van der Waals surface area contributed by atoms with Crippen molar-refractivity contribution in [3.63, 3.8) is 0 Å². The maximum absolute atomic E-state index is 2.36. The SMILES string of the molecule is CCCCC(C)CSSc1ccccc1C. The second-order valence-electron chi connectivity index (χ2n) is 4.38. The van der Waals surface area contributed by atoms with Crippen LogP contribution in [0, 0.1) is 12.8 Å². The summed E-state index contributed by atoms with van der Waals surface area (Å²) in [6.07, 6.45) is 4.06. The van der Waals surface area contributed by atoms with Gasteiger partial charge in [0.25, 0.3) is 0 Å². The predicted molar refractivity (Wildman–Crippen MR) is 78.2 cm³/mol. The van der Waals surface area contributed by atoms with Crippen LogP contribution in [0.1, 0.15) is 38.7 Å². The summed E-state index contributed by atoms with van der Waals surface area (Å²) >= 11 is 0. The van der Waals surface area contributed by atoms with E-state index in [4.69, 9.17) is 0 Å². The Kier molecular flexibility index (Phi) is 7.06. The number of unbranched alkanes of at least 4 members (excludes halogenated alkanes) is 1. The van der Waals surface area contributed by atoms with E-state index in [9.17, 15) is 0 Å². The third-order valence-corrected chi connectivity index (χ3v) is 5.41. The normalized spacial score (nSPS) is 12.7. The van der Waals surface area contributed by atoms with Gasteiger partial charge in [-0.1, -0.05) is 66.5 Å². The van der Waals surface area contributed by atoms with Crippen LogP contribution >= 0.6 is 21.6 Å². The molecule has 0 bridgehead atoms. The highest BCUT2D eigenvalue weighted by atomic mass is 33.1. The van der Waals surface area contributed by atoms with Gasteiger partial charge in [-0.05, 0) is 30.9 Å². The second kappa shape index (κ2) is 8.08. The summed E-state index contributed by atoms with van der Waals surface area (Å²) in [7, 11) is 3.92. The van der Waals surface area contributed by atoms with Crippen molar-refractivity contribution >= 4 is 21.6 Å². The highest BCUT2D eigenvalue weighted by molar-refractivity contribution is 8.76. The van der Waals surface area contributed by atoms with Gasteiger partial charge in [0.1, 0.15) is 0 Å². The molecule has 1 aromatic rings. The molecule has 0 aliphatic heterocycles. The summed E-state index contributed by atoms with van der Waals surface area (Å²) in [5.74, 6) is 2.11. The molecule has 0 N–H and O–H groups in total. The molecule has 16 heavy (non-hydrogen) atoms. The summed E-state index contributed by atoms with van der Waals surface area (Å²) in [6, 6.07) is 8.62. The van der Waals surface area contributed by atoms with Crippen molar-refractivity contribution in [2.24, 2.45) is 5.92 Å². The Hall–Kier alpha value is -0.0800. The number of hydrogen-bond acceptors (Lipinski definition) is 2. The van der Waals surface area contributed by atoms with Crippen molar-refractivity contribution < 1.29 is 0 Å². The molecular weight excluding hydrogens is 232 g/mol. The number of rotatable bonds is 7. The number of hydrogen-bond donors (Lipinski definition) is 0. The van der Waals surface area contributed by atoms with Gasteiger partial charge in [0.15, 0.2) is 0 Å². The van der Waals surface area contributed by atoms with Gasteiger partial charge in [0, 0.05) is 10.6 Å². The van der Waals surface area contributed by atoms with E-state index < -0.39 is 0 Å². The topological polar surface area (TPSA) is 0 Å². The van der Waals surface area contributed by atoms with Crippen molar-refractivity contribution in [3.8, 4) is 0 Å². The van der Waals surface area contributed by atoms with E-state index in [0.29, 0.717) is 0 Å². The number of aryl methyl sites for hydroxylation is 1. The zero-order valence-corrected chi connectivity index (χ0v) is 12.2. The molecule has 1 rings (SSSR count). The molecule has 0 heterocycles. The summed E-state index contributed by atoms with van der Waals surface area (Å²) in [5.41, 5.74) is 1.39. The van der Waals surface area contributed by atoms with Crippen LogP contribution in [0.15, 0.2) is 29.2 Å². The fourth-order valence-corrected chi connectivity index (χ4v) is 4.27. The highest BCUT2D eigenvalue weighted by Crippen LogP contribution is 2.34. The van der Waals surface area contributed by atoms with E-state index in [1.165, 1.54) is 35.5 Å². The maximum atomic E-state index is 2.36. The molecule has 1 atom stereocenters. The molecule has 1 aromatic carbocycles. The first-order valence-electron chi connectivity index (χ1n) is 6.09. The average Bonchev–Trinajstić information content (AvgIpc) is 2.29. The molecule has 0 fully saturated rings. The van der Waals surface area contributed by atoms with Crippen LogP contribution in [0.5, 0.6) is 0 Å². The zero-order chi connectivity index (χ0) is 11.8. The van der Waals surface area contributed by atoms with Gasteiger partial charge in [-0.15, -0.1) is 0 Å². The van der Waals surface area contributed by atoms with Crippen molar-refractivity contribution in [3.05, 3.63) is 29.8 Å². The molecule has 0 saturated heterocycles. The summed E-state index contributed by atoms with van der Waals surface area (Å²) < 4.78 is 0. The van der Waals surface area contributed by atoms with Crippen LogP contribution in [-0.2, 0) is 0 Å². The Morgan fingerprint density at radius 2 is 2.00 bits per heavy atom. The quantitative estimate of drug-likeness (QED) is 0.584. The third-order valence-electron chi connectivity index (χ3n) is 2.65. The lowest BCUT2D eigenvalue weighted by atomic mass is 10.1. The van der Waals surface area contributed by atoms with Crippen molar-refractivity contribution in [1.82, 2.24) is 0 Å². The monoisotopic (exact) mass is 254 g/mol. The highest BCUT2D eigenvalue weighted by Gasteiger charge is 2.03. The molecular formula is C14H22S2. The first kappa shape index (κ1) is 14.0. The van der Waals surface area contributed by atoms with Crippen LogP contribution in [0.2, 0.25) is 0 Å². The van der Waals surface area contributed by atoms with Crippen molar-refractivity contribution in [2.45, 2.75) is 44.9 Å². The van der Waals surface area contributed by atoms with Gasteiger partial charge < -0.3 is 0 Å². The Morgan fingerprint density at radius 1 is 1.25 bits per heavy atom. The minimum absolute atomic E-state index is 0.849. The number of benzene rings is 1. The zero-order valence-electron chi connectivity index (χ0n) is 10.5. The van der Waals surface area contributed by atoms with Gasteiger partial charge in [0.05, 0.1) is 0 Å². The predicted octanol–water partition coefficient (Wildman–Crippen LogP) is 5.56. The molecule has 0 aliphatic carbocycles. The first-order chi connectivity index (χ1) is 7.74. The first-order valence-corrected chi connectivity index (χ1v) is 8.41. The molecule has 0 aromatic heterocycles. The summed E-state index contributed by atoms with van der Waals surface area (Å²) in [6.45, 7) is 6.81. The lowest BCUT2D eigenvalue weighted by Gasteiger charge is -2.10. The lowest BCUT2D eigenvalue weighted by molar-refractivity contribution is 0.558. The largest absolute Gasteiger partial charge is 0.0887 e. The van der Waals surface area contributed by atoms with E-state index in [1.807, 2.05) is 21.6 Å². The standard InChI is InChI=1S/C14H22S2/c1-4-5-8-12(2)11-15-16-14-10-7-6-9-13(14)3/h6-7,9-10,12H,4-5,8,11H2,1-3H3. The van der Waals surface area contributed by atoms with Gasteiger partial charge in [0.2, 0.25) is 0 Å². The maximum Gasteiger partial charge on any atom is 0.0212 e. The van der Waals surface area contributed by atoms with Crippen LogP contribution in [-0.4, -0.2) is 5.75 Å². The van der Waals surface area contributed by atoms with Gasteiger partial charge >= 0.3 is 0 Å². The van der Waals surface area contributed by atoms with E-state index >= 15 is 0 Å². The lowest BCUT2D eigenvalue weighted by Crippen LogP contribution is -1.96. The Morgan fingerprint density at radius 3 is 2.69 bits per heavy atom. The third kappa shape index (κ3) is 5.31. The van der Waals surface area contributed by atoms with Crippen molar-refractivity contribution in [1.29, 1.82) is 0 Å². The van der Waals surface area contributed by atoms with E-state index in [1.54, 1.807) is 0 Å². The van der Waals surface area contributed by atoms with E-state index in [0.717, 1.165) is 5.92 Å². The van der Waals surface area contributed by atoms with Crippen LogP contribution in [0.25, 0.3) is 0 Å². The minimum atomic E-state index is 0.849. The molecule has 0 aliphatic rings. The van der Waals surface area contributed by atoms with Crippen LogP contribution in [0.3, 0.4) is 0 Å². The van der Waals surface area contributed by atoms with Gasteiger partial charge in [-0.25, -0.2) is 0 Å². The van der Waals surface area contributed by atoms with Crippen molar-refractivity contribution in [2.75, 3.05) is 5.75 Å². The van der Waals surface area contributed by atoms with Gasteiger partial charge in [-0.3, -0.25) is 0 Å². The fraction of sp³-hybridized carbons (Fsp3) is 0.571. The molecule has 90 valence electrons. The van der Waals surface area contributed by atoms with E-state index in [2.05, 4.69) is 45.0 Å². The second-order valence-corrected chi connectivity index (χ2v) is 6.76. The Balaban J connectivity index is 2.23. The molecule has 1 unspecified atom stereocenters. The average molecular weight is 254 g/mol. The molecule has 0 radical (unpaired) electrons. The van der Waals surface area contributed by atoms with E-state index in [-0.39, 0.29) is 0 Å². The Labute approximate surface area is 108 Å². The fourth-order valence-electron chi connectivity index (χ4n) is 1.50. The molecule has 0 amide bonds. The van der Waals surface area contributed by atoms with Crippen LogP contribution in [0.4, 0.5) is 0 Å². The molecule has 2 heteroatoms. The summed E-state index contributed by atoms with van der Waals surface area (Å²) in [5, 5.41) is 0. The Bertz CT molecular complexity index is 297.